The second-order valence-corrected chi connectivity index (χ2v) is 8.26. The predicted octanol–water partition coefficient (Wildman–Crippen LogP) is 3.82. The topological polar surface area (TPSA) is 62.7 Å². The molecule has 1 aliphatic heterocycles. The summed E-state index contributed by atoms with van der Waals surface area (Å²) in [5.41, 5.74) is -0.126. The largest absolute Gasteiger partial charge is 0.490 e. The summed E-state index contributed by atoms with van der Waals surface area (Å²) in [6.45, 7) is 5.36. The zero-order valence-electron chi connectivity index (χ0n) is 16.4. The second kappa shape index (κ2) is 9.01. The molecule has 2 heterocycles. The lowest BCUT2D eigenvalue weighted by Crippen LogP contribution is -2.33. The molecule has 1 fully saturated rings. The number of carbonyl (C=O) groups is 1. The molecule has 0 saturated carbocycles. The molecule has 152 valence electrons. The zero-order valence-corrected chi connectivity index (χ0v) is 17.2. The van der Waals surface area contributed by atoms with Crippen molar-refractivity contribution in [3.8, 4) is 5.75 Å². The fourth-order valence-corrected chi connectivity index (χ4v) is 4.67. The normalized spacial score (nSPS) is 20.1. The fourth-order valence-electron chi connectivity index (χ4n) is 3.48. The molecule has 0 aliphatic carbocycles. The van der Waals surface area contributed by atoms with Gasteiger partial charge in [-0.3, -0.25) is 4.79 Å². The van der Waals surface area contributed by atoms with Crippen LogP contribution in [0.25, 0.3) is 0 Å². The number of amides is 1. The van der Waals surface area contributed by atoms with Gasteiger partial charge >= 0.3 is 0 Å². The molecule has 5 nitrogen and oxygen atoms in total. The van der Waals surface area contributed by atoms with E-state index in [4.69, 9.17) is 4.74 Å². The number of ether oxygens (including phenoxy) is 1. The number of para-hydroxylation sites is 1. The van der Waals surface area contributed by atoms with Crippen LogP contribution in [0, 0.1) is 12.7 Å². The third-order valence-corrected chi connectivity index (χ3v) is 6.59. The number of benzene rings is 1. The number of aliphatic hydroxyl groups is 1. The number of thiazole rings is 1. The minimum atomic E-state index is -0.997. The first-order valence-corrected chi connectivity index (χ1v) is 10.6. The van der Waals surface area contributed by atoms with Crippen LogP contribution in [-0.2, 0) is 16.8 Å². The van der Waals surface area contributed by atoms with Crippen molar-refractivity contribution in [2.24, 2.45) is 0 Å². The molecule has 0 spiro atoms. The molecule has 0 bridgehead atoms. The van der Waals surface area contributed by atoms with Gasteiger partial charge in [0.15, 0.2) is 11.6 Å². The van der Waals surface area contributed by atoms with E-state index >= 15 is 0 Å². The molecule has 1 aromatic carbocycles. The molecular formula is C21H27FN2O3S. The average molecular weight is 407 g/mol. The summed E-state index contributed by atoms with van der Waals surface area (Å²) >= 11 is 1.49. The molecule has 7 heteroatoms. The van der Waals surface area contributed by atoms with Crippen molar-refractivity contribution < 1.29 is 19.0 Å². The lowest BCUT2D eigenvalue weighted by molar-refractivity contribution is -0.131. The Morgan fingerprint density at radius 2 is 2.14 bits per heavy atom. The number of hydrogen-bond donors (Lipinski definition) is 1. The monoisotopic (exact) mass is 406 g/mol. The van der Waals surface area contributed by atoms with Crippen molar-refractivity contribution >= 4 is 17.2 Å². The van der Waals surface area contributed by atoms with Crippen LogP contribution < -0.4 is 4.74 Å². The lowest BCUT2D eigenvalue weighted by Gasteiger charge is -2.24. The molecule has 1 aromatic heterocycles. The van der Waals surface area contributed by atoms with E-state index < -0.39 is 5.60 Å². The van der Waals surface area contributed by atoms with Crippen LogP contribution in [0.15, 0.2) is 24.3 Å². The molecule has 1 amide bonds. The van der Waals surface area contributed by atoms with Gasteiger partial charge in [-0.05, 0) is 31.9 Å². The number of halogens is 1. The van der Waals surface area contributed by atoms with Gasteiger partial charge in [-0.1, -0.05) is 19.1 Å². The summed E-state index contributed by atoms with van der Waals surface area (Å²) in [5, 5.41) is 11.9. The minimum absolute atomic E-state index is 0.130. The van der Waals surface area contributed by atoms with Gasteiger partial charge in [0.05, 0.1) is 12.3 Å². The Morgan fingerprint density at radius 1 is 1.36 bits per heavy atom. The third-order valence-electron chi connectivity index (χ3n) is 5.18. The summed E-state index contributed by atoms with van der Waals surface area (Å²) in [6.07, 6.45) is 2.94. The average Bonchev–Trinajstić information content (AvgIpc) is 2.94. The van der Waals surface area contributed by atoms with Crippen LogP contribution in [0.3, 0.4) is 0 Å². The van der Waals surface area contributed by atoms with Gasteiger partial charge in [0.1, 0.15) is 10.6 Å². The first-order chi connectivity index (χ1) is 13.4. The van der Waals surface area contributed by atoms with Crippen molar-refractivity contribution in [2.45, 2.75) is 51.6 Å². The van der Waals surface area contributed by atoms with Crippen LogP contribution in [0.4, 0.5) is 4.39 Å². The van der Waals surface area contributed by atoms with Crippen molar-refractivity contribution in [1.29, 1.82) is 0 Å². The first-order valence-electron chi connectivity index (χ1n) is 9.77. The summed E-state index contributed by atoms with van der Waals surface area (Å²) in [5.74, 6) is 0.00156. The number of hydrogen-bond acceptors (Lipinski definition) is 5. The Balaban J connectivity index is 1.64. The summed E-state index contributed by atoms with van der Waals surface area (Å²) in [4.78, 5) is 19.5. The molecule has 2 aromatic rings. The smallest absolute Gasteiger partial charge is 0.222 e. The Hall–Kier alpha value is -1.99. The lowest BCUT2D eigenvalue weighted by atomic mass is 9.96. The van der Waals surface area contributed by atoms with E-state index in [9.17, 15) is 14.3 Å². The number of aryl methyl sites for hydroxylation is 1. The maximum atomic E-state index is 13.6. The molecular weight excluding hydrogens is 379 g/mol. The first kappa shape index (κ1) is 20.7. The van der Waals surface area contributed by atoms with Gasteiger partial charge in [-0.15, -0.1) is 11.3 Å². The van der Waals surface area contributed by atoms with Gasteiger partial charge in [0, 0.05) is 37.2 Å². The van der Waals surface area contributed by atoms with Gasteiger partial charge in [-0.25, -0.2) is 9.37 Å². The highest BCUT2D eigenvalue weighted by Gasteiger charge is 2.36. The molecule has 3 rings (SSSR count). The number of carbonyl (C=O) groups excluding carboxylic acids is 1. The summed E-state index contributed by atoms with van der Waals surface area (Å²) in [7, 11) is 0. The van der Waals surface area contributed by atoms with Crippen LogP contribution >= 0.6 is 11.3 Å². The number of rotatable bonds is 6. The Bertz CT molecular complexity index is 826. The van der Waals surface area contributed by atoms with Crippen LogP contribution in [0.5, 0.6) is 5.75 Å². The standard InChI is InChI=1S/C21H27FN2O3S/c1-3-19(25)24-12-6-10-21(26,11-13-24)20-23-15(2)18(28-20)9-14-27-17-8-5-4-7-16(17)22/h4-5,7-8,26H,3,6,9-14H2,1-2H3/t21-/m0/s1. The van der Waals surface area contributed by atoms with Crippen molar-refractivity contribution in [3.05, 3.63) is 45.7 Å². The van der Waals surface area contributed by atoms with E-state index in [0.29, 0.717) is 50.4 Å². The molecule has 1 atom stereocenters. The quantitative estimate of drug-likeness (QED) is 0.792. The number of nitrogens with zero attached hydrogens (tertiary/aromatic N) is 2. The SMILES string of the molecule is CCC(=O)N1CCC[C@@](O)(c2nc(C)c(CCOc3ccccc3F)s2)CC1. The van der Waals surface area contributed by atoms with E-state index in [1.807, 2.05) is 18.7 Å². The van der Waals surface area contributed by atoms with Crippen molar-refractivity contribution in [2.75, 3.05) is 19.7 Å². The predicted molar refractivity (Wildman–Crippen MR) is 107 cm³/mol. The fraction of sp³-hybridized carbons (Fsp3) is 0.524. The van der Waals surface area contributed by atoms with Crippen LogP contribution in [0.2, 0.25) is 0 Å². The van der Waals surface area contributed by atoms with Crippen LogP contribution in [0.1, 0.15) is 48.2 Å². The van der Waals surface area contributed by atoms with Gasteiger partial charge in [0.2, 0.25) is 5.91 Å². The molecule has 1 saturated heterocycles. The molecule has 1 aliphatic rings. The molecule has 0 unspecified atom stereocenters. The Morgan fingerprint density at radius 3 is 2.89 bits per heavy atom. The summed E-state index contributed by atoms with van der Waals surface area (Å²) in [6, 6.07) is 6.35. The van der Waals surface area contributed by atoms with E-state index in [-0.39, 0.29) is 17.5 Å². The van der Waals surface area contributed by atoms with E-state index in [2.05, 4.69) is 4.98 Å². The van der Waals surface area contributed by atoms with Gasteiger partial charge < -0.3 is 14.7 Å². The maximum absolute atomic E-state index is 13.6. The van der Waals surface area contributed by atoms with Gasteiger partial charge in [-0.2, -0.15) is 0 Å². The van der Waals surface area contributed by atoms with E-state index in [1.54, 1.807) is 18.2 Å². The highest BCUT2D eigenvalue weighted by atomic mass is 32.1. The summed E-state index contributed by atoms with van der Waals surface area (Å²) < 4.78 is 19.2. The minimum Gasteiger partial charge on any atom is -0.490 e. The maximum Gasteiger partial charge on any atom is 0.222 e. The highest BCUT2D eigenvalue weighted by Crippen LogP contribution is 2.36. The molecule has 1 N–H and O–H groups in total. The Kier molecular flexibility index (Phi) is 6.67. The number of likely N-dealkylation sites (tertiary alicyclic amines) is 1. The van der Waals surface area contributed by atoms with Crippen LogP contribution in [-0.4, -0.2) is 40.6 Å². The third kappa shape index (κ3) is 4.70. The Labute approximate surface area is 169 Å². The zero-order chi connectivity index (χ0) is 20.1. The molecule has 28 heavy (non-hydrogen) atoms. The van der Waals surface area contributed by atoms with Crippen molar-refractivity contribution in [3.63, 3.8) is 0 Å². The highest BCUT2D eigenvalue weighted by molar-refractivity contribution is 7.11. The molecule has 0 radical (unpaired) electrons. The number of aromatic nitrogens is 1. The second-order valence-electron chi connectivity index (χ2n) is 7.18. The van der Waals surface area contributed by atoms with E-state index in [1.165, 1.54) is 17.4 Å². The van der Waals surface area contributed by atoms with E-state index in [0.717, 1.165) is 17.0 Å². The van der Waals surface area contributed by atoms with Crippen molar-refractivity contribution in [1.82, 2.24) is 9.88 Å². The van der Waals surface area contributed by atoms with Gasteiger partial charge in [0.25, 0.3) is 0 Å².